The van der Waals surface area contributed by atoms with Gasteiger partial charge in [-0.15, -0.1) is 6.42 Å². The molecule has 1 heterocycles. The molecular formula is C16H16N2O2. The Hall–Kier alpha value is -2.54. The highest BCUT2D eigenvalue weighted by Gasteiger charge is 2.14. The van der Waals surface area contributed by atoms with E-state index in [-0.39, 0.29) is 5.92 Å². The van der Waals surface area contributed by atoms with Gasteiger partial charge in [0.05, 0.1) is 25.1 Å². The average molecular weight is 268 g/mol. The molecule has 0 aliphatic carbocycles. The molecule has 0 spiro atoms. The highest BCUT2D eigenvalue weighted by Crippen LogP contribution is 2.35. The molecule has 0 radical (unpaired) electrons. The normalized spacial score (nSPS) is 10.2. The number of terminal acetylenes is 1. The smallest absolute Gasteiger partial charge is 0.164 e. The van der Waals surface area contributed by atoms with E-state index in [1.54, 1.807) is 25.6 Å². The third kappa shape index (κ3) is 2.89. The fourth-order valence-electron chi connectivity index (χ4n) is 1.86. The molecule has 1 aromatic carbocycles. The number of benzene rings is 1. The van der Waals surface area contributed by atoms with E-state index in [1.165, 1.54) is 6.33 Å². The molecule has 20 heavy (non-hydrogen) atoms. The number of nitrogens with zero attached hydrogens (tertiary/aromatic N) is 2. The lowest BCUT2D eigenvalue weighted by molar-refractivity contribution is 0.409. The lowest BCUT2D eigenvalue weighted by atomic mass is 9.99. The van der Waals surface area contributed by atoms with Crippen molar-refractivity contribution in [2.75, 3.05) is 7.11 Å². The Morgan fingerprint density at radius 2 is 1.85 bits per heavy atom. The summed E-state index contributed by atoms with van der Waals surface area (Å²) in [4.78, 5) is 7.86. The van der Waals surface area contributed by atoms with E-state index in [1.807, 2.05) is 6.07 Å². The summed E-state index contributed by atoms with van der Waals surface area (Å²) in [6.07, 6.45) is 10.2. The van der Waals surface area contributed by atoms with Crippen molar-refractivity contribution in [2.45, 2.75) is 19.8 Å². The molecule has 1 aromatic heterocycles. The summed E-state index contributed by atoms with van der Waals surface area (Å²) >= 11 is 0. The Morgan fingerprint density at radius 3 is 2.40 bits per heavy atom. The Balaban J connectivity index is 2.48. The predicted octanol–water partition coefficient (Wildman–Crippen LogP) is 3.38. The van der Waals surface area contributed by atoms with Gasteiger partial charge in [-0.2, -0.15) is 0 Å². The number of methoxy groups -OCH3 is 1. The van der Waals surface area contributed by atoms with Crippen LogP contribution in [0.2, 0.25) is 0 Å². The molecule has 0 bridgehead atoms. The molecule has 102 valence electrons. The third-order valence-electron chi connectivity index (χ3n) is 2.87. The van der Waals surface area contributed by atoms with Crippen LogP contribution in [0.5, 0.6) is 17.2 Å². The minimum absolute atomic E-state index is 0.273. The number of rotatable bonds is 4. The minimum atomic E-state index is 0.273. The molecule has 0 unspecified atom stereocenters. The zero-order chi connectivity index (χ0) is 14.5. The van der Waals surface area contributed by atoms with Gasteiger partial charge in [-0.05, 0) is 12.0 Å². The summed E-state index contributed by atoms with van der Waals surface area (Å²) in [7, 11) is 1.60. The van der Waals surface area contributed by atoms with Crippen LogP contribution in [0.4, 0.5) is 0 Å². The SMILES string of the molecule is C#Cc1cc(Oc2cncnc2)c(C(C)C)cc1OC. The first kappa shape index (κ1) is 13.9. The molecule has 4 heteroatoms. The van der Waals surface area contributed by atoms with Gasteiger partial charge in [-0.1, -0.05) is 19.8 Å². The zero-order valence-electron chi connectivity index (χ0n) is 11.8. The summed E-state index contributed by atoms with van der Waals surface area (Å²) in [5.74, 6) is 4.82. The molecule has 0 fully saturated rings. The van der Waals surface area contributed by atoms with Gasteiger partial charge in [0.2, 0.25) is 0 Å². The highest BCUT2D eigenvalue weighted by molar-refractivity contribution is 5.54. The molecule has 2 aromatic rings. The summed E-state index contributed by atoms with van der Waals surface area (Å²) in [6.45, 7) is 4.16. The van der Waals surface area contributed by atoms with E-state index in [4.69, 9.17) is 15.9 Å². The number of aromatic nitrogens is 2. The molecule has 4 nitrogen and oxygen atoms in total. The topological polar surface area (TPSA) is 44.2 Å². The summed E-state index contributed by atoms with van der Waals surface area (Å²) in [5, 5.41) is 0. The standard InChI is InChI=1S/C16H16N2O2/c1-5-12-6-16(20-13-8-17-10-18-9-13)14(11(2)3)7-15(12)19-4/h1,6-11H,2-4H3. The highest BCUT2D eigenvalue weighted by atomic mass is 16.5. The molecule has 0 aliphatic rings. The Kier molecular flexibility index (Phi) is 4.21. The summed E-state index contributed by atoms with van der Waals surface area (Å²) in [5.41, 5.74) is 1.67. The second-order valence-electron chi connectivity index (χ2n) is 4.57. The summed E-state index contributed by atoms with van der Waals surface area (Å²) < 4.78 is 11.1. The van der Waals surface area contributed by atoms with E-state index in [0.717, 1.165) is 5.56 Å². The van der Waals surface area contributed by atoms with E-state index in [9.17, 15) is 0 Å². The van der Waals surface area contributed by atoms with Gasteiger partial charge in [-0.25, -0.2) is 9.97 Å². The Labute approximate surface area is 118 Å². The maximum Gasteiger partial charge on any atom is 0.164 e. The second-order valence-corrected chi connectivity index (χ2v) is 4.57. The van der Waals surface area contributed by atoms with Crippen molar-refractivity contribution in [2.24, 2.45) is 0 Å². The van der Waals surface area contributed by atoms with Crippen molar-refractivity contribution in [1.29, 1.82) is 0 Å². The fraction of sp³-hybridized carbons (Fsp3) is 0.250. The first-order valence-corrected chi connectivity index (χ1v) is 6.27. The van der Waals surface area contributed by atoms with Crippen LogP contribution < -0.4 is 9.47 Å². The maximum atomic E-state index is 5.84. The quantitative estimate of drug-likeness (QED) is 0.797. The van der Waals surface area contributed by atoms with Crippen molar-refractivity contribution >= 4 is 0 Å². The lowest BCUT2D eigenvalue weighted by Gasteiger charge is -2.16. The van der Waals surface area contributed by atoms with Crippen LogP contribution in [-0.2, 0) is 0 Å². The van der Waals surface area contributed by atoms with Crippen molar-refractivity contribution in [3.05, 3.63) is 42.0 Å². The van der Waals surface area contributed by atoms with Crippen molar-refractivity contribution in [3.63, 3.8) is 0 Å². The van der Waals surface area contributed by atoms with E-state index in [0.29, 0.717) is 22.8 Å². The second kappa shape index (κ2) is 6.07. The summed E-state index contributed by atoms with van der Waals surface area (Å²) in [6, 6.07) is 3.72. The fourth-order valence-corrected chi connectivity index (χ4v) is 1.86. The van der Waals surface area contributed by atoms with E-state index in [2.05, 4.69) is 29.7 Å². The van der Waals surface area contributed by atoms with Gasteiger partial charge in [-0.3, -0.25) is 0 Å². The Bertz CT molecular complexity index is 631. The molecule has 0 N–H and O–H groups in total. The Morgan fingerprint density at radius 1 is 1.15 bits per heavy atom. The largest absolute Gasteiger partial charge is 0.495 e. The van der Waals surface area contributed by atoms with Gasteiger partial charge >= 0.3 is 0 Å². The van der Waals surface area contributed by atoms with Gasteiger partial charge in [0.1, 0.15) is 17.8 Å². The molecule has 0 saturated carbocycles. The van der Waals surface area contributed by atoms with Crippen molar-refractivity contribution < 1.29 is 9.47 Å². The van der Waals surface area contributed by atoms with Crippen molar-refractivity contribution in [3.8, 4) is 29.6 Å². The van der Waals surface area contributed by atoms with E-state index < -0.39 is 0 Å². The third-order valence-corrected chi connectivity index (χ3v) is 2.87. The number of ether oxygens (including phenoxy) is 2. The van der Waals surface area contributed by atoms with Gasteiger partial charge in [0.25, 0.3) is 0 Å². The molecule has 0 saturated heterocycles. The van der Waals surface area contributed by atoms with Crippen LogP contribution >= 0.6 is 0 Å². The van der Waals surface area contributed by atoms with Crippen LogP contribution in [0.15, 0.2) is 30.9 Å². The average Bonchev–Trinajstić information content (AvgIpc) is 2.47. The number of hydrogen-bond donors (Lipinski definition) is 0. The van der Waals surface area contributed by atoms with E-state index >= 15 is 0 Å². The predicted molar refractivity (Wildman–Crippen MR) is 77.1 cm³/mol. The van der Waals surface area contributed by atoms with Gasteiger partial charge in [0.15, 0.2) is 5.75 Å². The maximum absolute atomic E-state index is 5.84. The molecule has 0 amide bonds. The molecular weight excluding hydrogens is 252 g/mol. The zero-order valence-corrected chi connectivity index (χ0v) is 11.8. The lowest BCUT2D eigenvalue weighted by Crippen LogP contribution is -1.98. The van der Waals surface area contributed by atoms with Crippen LogP contribution in [0, 0.1) is 12.3 Å². The minimum Gasteiger partial charge on any atom is -0.495 e. The molecule has 0 atom stereocenters. The van der Waals surface area contributed by atoms with Crippen LogP contribution in [0.3, 0.4) is 0 Å². The van der Waals surface area contributed by atoms with Crippen molar-refractivity contribution in [1.82, 2.24) is 9.97 Å². The molecule has 0 aliphatic heterocycles. The van der Waals surface area contributed by atoms with Gasteiger partial charge in [0, 0.05) is 11.6 Å². The van der Waals surface area contributed by atoms with Crippen LogP contribution in [-0.4, -0.2) is 17.1 Å². The first-order valence-electron chi connectivity index (χ1n) is 6.27. The number of hydrogen-bond acceptors (Lipinski definition) is 4. The van der Waals surface area contributed by atoms with Gasteiger partial charge < -0.3 is 9.47 Å². The molecule has 2 rings (SSSR count). The van der Waals surface area contributed by atoms with Crippen LogP contribution in [0.1, 0.15) is 30.9 Å². The van der Waals surface area contributed by atoms with Crippen LogP contribution in [0.25, 0.3) is 0 Å². The first-order chi connectivity index (χ1) is 9.65. The monoisotopic (exact) mass is 268 g/mol.